The molecule has 1 aliphatic heterocycles. The van der Waals surface area contributed by atoms with E-state index in [9.17, 15) is 0 Å². The Labute approximate surface area is 113 Å². The maximum Gasteiger partial charge on any atom is 0.00702 e. The van der Waals surface area contributed by atoms with Crippen LogP contribution in [0.4, 0.5) is 0 Å². The largest absolute Gasteiger partial charge is 0.314 e. The summed E-state index contributed by atoms with van der Waals surface area (Å²) in [4.78, 5) is 0. The van der Waals surface area contributed by atoms with E-state index in [1.807, 2.05) is 0 Å². The maximum absolute atomic E-state index is 3.60. The first-order valence-electron chi connectivity index (χ1n) is 7.55. The van der Waals surface area contributed by atoms with Crippen molar-refractivity contribution in [2.24, 2.45) is 0 Å². The van der Waals surface area contributed by atoms with Gasteiger partial charge in [0.25, 0.3) is 0 Å². The van der Waals surface area contributed by atoms with Crippen LogP contribution in [0, 0.1) is 6.92 Å². The smallest absolute Gasteiger partial charge is 0.00702 e. The van der Waals surface area contributed by atoms with Crippen molar-refractivity contribution in [3.8, 4) is 0 Å². The van der Waals surface area contributed by atoms with Gasteiger partial charge in [-0.1, -0.05) is 56.5 Å². The second kappa shape index (κ2) is 9.16. The topological polar surface area (TPSA) is 12.0 Å². The fourth-order valence-electron chi connectivity index (χ4n) is 2.27. The average Bonchev–Trinajstić information content (AvgIpc) is 2.40. The molecule has 1 unspecified atom stereocenters. The van der Waals surface area contributed by atoms with Crippen molar-refractivity contribution in [1.82, 2.24) is 5.32 Å². The molecule has 0 amide bonds. The Morgan fingerprint density at radius 2 is 1.78 bits per heavy atom. The Morgan fingerprint density at radius 3 is 2.33 bits per heavy atom. The first kappa shape index (κ1) is 15.2. The molecular weight excluding hydrogens is 218 g/mol. The molecule has 0 aliphatic carbocycles. The first-order chi connectivity index (χ1) is 8.76. The lowest BCUT2D eigenvalue weighted by atomic mass is 9.98. The molecule has 0 spiro atoms. The van der Waals surface area contributed by atoms with Gasteiger partial charge in [0.15, 0.2) is 0 Å². The molecule has 0 saturated carbocycles. The highest BCUT2D eigenvalue weighted by Crippen LogP contribution is 2.13. The van der Waals surface area contributed by atoms with Crippen LogP contribution in [0.1, 0.15) is 57.1 Å². The van der Waals surface area contributed by atoms with Crippen LogP contribution in [0.25, 0.3) is 0 Å². The van der Waals surface area contributed by atoms with E-state index in [0.717, 1.165) is 6.04 Å². The molecule has 1 fully saturated rings. The second-order valence-electron chi connectivity index (χ2n) is 5.38. The molecule has 0 aromatic heterocycles. The SMILES string of the molecule is CCC.Cc1ccc(CCC2CCCCN2)cc1. The number of hydrogen-bond acceptors (Lipinski definition) is 1. The summed E-state index contributed by atoms with van der Waals surface area (Å²) in [6, 6.07) is 9.71. The molecule has 1 saturated heterocycles. The van der Waals surface area contributed by atoms with Crippen LogP contribution < -0.4 is 5.32 Å². The van der Waals surface area contributed by atoms with Crippen molar-refractivity contribution in [3.63, 3.8) is 0 Å². The summed E-state index contributed by atoms with van der Waals surface area (Å²) in [5.41, 5.74) is 2.84. The summed E-state index contributed by atoms with van der Waals surface area (Å²) >= 11 is 0. The van der Waals surface area contributed by atoms with Gasteiger partial charge in [-0.3, -0.25) is 0 Å². The lowest BCUT2D eigenvalue weighted by molar-refractivity contribution is 0.383. The van der Waals surface area contributed by atoms with Crippen molar-refractivity contribution in [2.75, 3.05) is 6.54 Å². The fourth-order valence-corrected chi connectivity index (χ4v) is 2.27. The highest BCUT2D eigenvalue weighted by molar-refractivity contribution is 5.21. The number of aryl methyl sites for hydroxylation is 2. The quantitative estimate of drug-likeness (QED) is 0.830. The Morgan fingerprint density at radius 1 is 1.11 bits per heavy atom. The lowest BCUT2D eigenvalue weighted by Crippen LogP contribution is -2.34. The van der Waals surface area contributed by atoms with Gasteiger partial charge in [0.2, 0.25) is 0 Å². The monoisotopic (exact) mass is 247 g/mol. The van der Waals surface area contributed by atoms with Gasteiger partial charge in [0.1, 0.15) is 0 Å². The average molecular weight is 247 g/mol. The maximum atomic E-state index is 3.60. The molecule has 0 radical (unpaired) electrons. The standard InChI is InChI=1S/C14H21N.C3H8/c1-12-5-7-13(8-6-12)9-10-14-4-2-3-11-15-14;1-3-2/h5-8,14-15H,2-4,9-11H2,1H3;3H2,1-2H3. The minimum Gasteiger partial charge on any atom is -0.314 e. The van der Waals surface area contributed by atoms with E-state index >= 15 is 0 Å². The number of hydrogen-bond donors (Lipinski definition) is 1. The van der Waals surface area contributed by atoms with Gasteiger partial charge in [0, 0.05) is 6.04 Å². The van der Waals surface area contributed by atoms with E-state index in [-0.39, 0.29) is 0 Å². The summed E-state index contributed by atoms with van der Waals surface area (Å²) in [5.74, 6) is 0. The Hall–Kier alpha value is -0.820. The van der Waals surface area contributed by atoms with Crippen molar-refractivity contribution in [3.05, 3.63) is 35.4 Å². The molecule has 1 aromatic carbocycles. The molecule has 1 aliphatic rings. The minimum absolute atomic E-state index is 0.764. The van der Waals surface area contributed by atoms with Crippen molar-refractivity contribution >= 4 is 0 Å². The van der Waals surface area contributed by atoms with Crippen molar-refractivity contribution in [1.29, 1.82) is 0 Å². The third-order valence-corrected chi connectivity index (χ3v) is 3.31. The summed E-state index contributed by atoms with van der Waals surface area (Å²) in [6.07, 6.45) is 7.90. The third-order valence-electron chi connectivity index (χ3n) is 3.31. The zero-order valence-electron chi connectivity index (χ0n) is 12.3. The molecule has 1 nitrogen and oxygen atoms in total. The van der Waals surface area contributed by atoms with Crippen LogP contribution in [-0.4, -0.2) is 12.6 Å². The van der Waals surface area contributed by atoms with Crippen LogP contribution in [0.2, 0.25) is 0 Å². The van der Waals surface area contributed by atoms with E-state index in [4.69, 9.17) is 0 Å². The molecule has 1 heteroatoms. The highest BCUT2D eigenvalue weighted by atomic mass is 14.9. The summed E-state index contributed by atoms with van der Waals surface area (Å²) in [6.45, 7) is 7.62. The lowest BCUT2D eigenvalue weighted by Gasteiger charge is -2.23. The Kier molecular flexibility index (Phi) is 7.75. The zero-order valence-corrected chi connectivity index (χ0v) is 12.3. The van der Waals surface area contributed by atoms with Crippen molar-refractivity contribution < 1.29 is 0 Å². The van der Waals surface area contributed by atoms with Gasteiger partial charge in [-0.25, -0.2) is 0 Å². The molecule has 18 heavy (non-hydrogen) atoms. The predicted molar refractivity (Wildman–Crippen MR) is 81.1 cm³/mol. The molecule has 102 valence electrons. The number of nitrogens with one attached hydrogen (secondary N) is 1. The van der Waals surface area contributed by atoms with Gasteiger partial charge >= 0.3 is 0 Å². The fraction of sp³-hybridized carbons (Fsp3) is 0.647. The van der Waals surface area contributed by atoms with Crippen LogP contribution >= 0.6 is 0 Å². The zero-order chi connectivity index (χ0) is 13.2. The third kappa shape index (κ3) is 6.20. The van der Waals surface area contributed by atoms with Gasteiger partial charge in [-0.15, -0.1) is 0 Å². The summed E-state index contributed by atoms with van der Waals surface area (Å²) in [5, 5.41) is 3.60. The normalized spacial score (nSPS) is 18.9. The molecule has 2 rings (SSSR count). The molecule has 1 atom stereocenters. The van der Waals surface area contributed by atoms with Gasteiger partial charge in [-0.05, 0) is 44.7 Å². The van der Waals surface area contributed by atoms with E-state index in [0.29, 0.717) is 0 Å². The van der Waals surface area contributed by atoms with Gasteiger partial charge in [-0.2, -0.15) is 0 Å². The highest BCUT2D eigenvalue weighted by Gasteiger charge is 2.11. The van der Waals surface area contributed by atoms with Gasteiger partial charge < -0.3 is 5.32 Å². The first-order valence-corrected chi connectivity index (χ1v) is 7.55. The minimum atomic E-state index is 0.764. The number of benzene rings is 1. The summed E-state index contributed by atoms with van der Waals surface area (Å²) < 4.78 is 0. The molecule has 1 N–H and O–H groups in total. The van der Waals surface area contributed by atoms with E-state index < -0.39 is 0 Å². The van der Waals surface area contributed by atoms with Crippen LogP contribution in [-0.2, 0) is 6.42 Å². The number of rotatable bonds is 3. The van der Waals surface area contributed by atoms with E-state index in [2.05, 4.69) is 50.4 Å². The van der Waals surface area contributed by atoms with E-state index in [1.165, 1.54) is 56.2 Å². The van der Waals surface area contributed by atoms with Crippen LogP contribution in [0.5, 0.6) is 0 Å². The second-order valence-corrected chi connectivity index (χ2v) is 5.38. The molecular formula is C17H29N. The van der Waals surface area contributed by atoms with Crippen LogP contribution in [0.15, 0.2) is 24.3 Å². The Balaban J connectivity index is 0.000000492. The molecule has 0 bridgehead atoms. The summed E-state index contributed by atoms with van der Waals surface area (Å²) in [7, 11) is 0. The van der Waals surface area contributed by atoms with Crippen LogP contribution in [0.3, 0.4) is 0 Å². The number of piperidine rings is 1. The molecule has 1 aromatic rings. The van der Waals surface area contributed by atoms with E-state index in [1.54, 1.807) is 0 Å². The van der Waals surface area contributed by atoms with Crippen molar-refractivity contribution in [2.45, 2.75) is 65.3 Å². The van der Waals surface area contributed by atoms with Gasteiger partial charge in [0.05, 0.1) is 0 Å². The predicted octanol–water partition coefficient (Wildman–Crippen LogP) is 4.49. The molecule has 1 heterocycles. The Bertz CT molecular complexity index is 296.